The van der Waals surface area contributed by atoms with Gasteiger partial charge in [0.25, 0.3) is 5.91 Å². The predicted octanol–water partition coefficient (Wildman–Crippen LogP) is 1.15. The molecule has 0 unspecified atom stereocenters. The smallest absolute Gasteiger partial charge is 0.268 e. The van der Waals surface area contributed by atoms with Crippen LogP contribution in [-0.2, 0) is 5.75 Å². The zero-order valence-corrected chi connectivity index (χ0v) is 10.2. The zero-order valence-electron chi connectivity index (χ0n) is 9.42. The minimum Gasteiger partial charge on any atom is -0.468 e. The van der Waals surface area contributed by atoms with E-state index < -0.39 is 0 Å². The number of hydrogen-bond acceptors (Lipinski definition) is 6. The Morgan fingerprint density at radius 3 is 3.06 bits per heavy atom. The number of hydrazine groups is 1. The average molecular weight is 264 g/mol. The van der Waals surface area contributed by atoms with Crippen LogP contribution in [0.1, 0.15) is 16.1 Å². The number of pyridine rings is 1. The van der Waals surface area contributed by atoms with Gasteiger partial charge in [-0.2, -0.15) is 0 Å². The van der Waals surface area contributed by atoms with Crippen LogP contribution in [0, 0.1) is 0 Å². The molecule has 0 aromatic carbocycles. The topological polar surface area (TPSA) is 107 Å². The molecule has 2 rings (SSSR count). The van der Waals surface area contributed by atoms with Crippen LogP contribution < -0.4 is 17.0 Å². The maximum atomic E-state index is 11.4. The molecule has 0 aliphatic carbocycles. The Kier molecular flexibility index (Phi) is 3.85. The third-order valence-corrected chi connectivity index (χ3v) is 3.28. The molecule has 0 aliphatic heterocycles. The SMILES string of the molecule is NNC(=O)c1ccoc1CSc1ncccc1N. The molecule has 5 N–H and O–H groups in total. The molecule has 0 bridgehead atoms. The Morgan fingerprint density at radius 1 is 1.50 bits per heavy atom. The number of hydrogen-bond donors (Lipinski definition) is 3. The average Bonchev–Trinajstić information content (AvgIpc) is 2.85. The van der Waals surface area contributed by atoms with E-state index in [0.29, 0.717) is 27.8 Å². The first-order chi connectivity index (χ1) is 8.72. The molecule has 0 aliphatic rings. The van der Waals surface area contributed by atoms with Crippen molar-refractivity contribution in [1.82, 2.24) is 10.4 Å². The van der Waals surface area contributed by atoms with Gasteiger partial charge in [-0.25, -0.2) is 10.8 Å². The van der Waals surface area contributed by atoms with E-state index in [-0.39, 0.29) is 5.91 Å². The lowest BCUT2D eigenvalue weighted by molar-refractivity contribution is 0.0952. The minimum absolute atomic E-state index is 0.381. The fourth-order valence-corrected chi connectivity index (χ4v) is 2.25. The minimum atomic E-state index is -0.381. The first-order valence-corrected chi connectivity index (χ1v) is 6.11. The zero-order chi connectivity index (χ0) is 13.0. The Morgan fingerprint density at radius 2 is 2.33 bits per heavy atom. The van der Waals surface area contributed by atoms with E-state index in [2.05, 4.69) is 10.4 Å². The molecule has 1 amide bonds. The molecular weight excluding hydrogens is 252 g/mol. The summed E-state index contributed by atoms with van der Waals surface area (Å²) in [5, 5.41) is 0.702. The van der Waals surface area contributed by atoms with Crippen molar-refractivity contribution in [2.24, 2.45) is 5.84 Å². The lowest BCUT2D eigenvalue weighted by Crippen LogP contribution is -2.30. The maximum absolute atomic E-state index is 11.4. The van der Waals surface area contributed by atoms with Gasteiger partial charge in [-0.15, -0.1) is 0 Å². The summed E-state index contributed by atoms with van der Waals surface area (Å²) in [7, 11) is 0. The van der Waals surface area contributed by atoms with Crippen molar-refractivity contribution in [2.45, 2.75) is 10.8 Å². The first-order valence-electron chi connectivity index (χ1n) is 5.13. The van der Waals surface area contributed by atoms with Crippen LogP contribution in [0.15, 0.2) is 40.1 Å². The summed E-state index contributed by atoms with van der Waals surface area (Å²) in [5.74, 6) is 5.69. The highest BCUT2D eigenvalue weighted by Gasteiger charge is 2.14. The molecule has 18 heavy (non-hydrogen) atoms. The quantitative estimate of drug-likeness (QED) is 0.331. The highest BCUT2D eigenvalue weighted by molar-refractivity contribution is 7.98. The normalized spacial score (nSPS) is 10.3. The van der Waals surface area contributed by atoms with Gasteiger partial charge < -0.3 is 10.2 Å². The van der Waals surface area contributed by atoms with E-state index in [1.807, 2.05) is 0 Å². The molecule has 0 saturated carbocycles. The molecule has 0 spiro atoms. The summed E-state index contributed by atoms with van der Waals surface area (Å²) in [5.41, 5.74) is 8.85. The number of nitrogens with one attached hydrogen (secondary N) is 1. The third kappa shape index (κ3) is 2.63. The lowest BCUT2D eigenvalue weighted by Gasteiger charge is -2.03. The van der Waals surface area contributed by atoms with Crippen LogP contribution in [0.25, 0.3) is 0 Å². The summed E-state index contributed by atoms with van der Waals surface area (Å²) >= 11 is 1.40. The Hall–Kier alpha value is -1.99. The van der Waals surface area contributed by atoms with Crippen LogP contribution in [0.2, 0.25) is 0 Å². The number of nitrogen functional groups attached to an aromatic ring is 2. The van der Waals surface area contributed by atoms with Crippen molar-refractivity contribution in [1.29, 1.82) is 0 Å². The van der Waals surface area contributed by atoms with Crippen molar-refractivity contribution in [3.05, 3.63) is 42.0 Å². The number of rotatable bonds is 4. The number of thioether (sulfide) groups is 1. The Labute approximate surface area is 108 Å². The number of carbonyl (C=O) groups is 1. The molecule has 0 atom stereocenters. The largest absolute Gasteiger partial charge is 0.468 e. The summed E-state index contributed by atoms with van der Waals surface area (Å²) in [6, 6.07) is 5.10. The number of furan rings is 1. The molecular formula is C11H12N4O2S. The Bertz CT molecular complexity index is 555. The molecule has 7 heteroatoms. The molecule has 0 fully saturated rings. The van der Waals surface area contributed by atoms with Crippen molar-refractivity contribution in [3.8, 4) is 0 Å². The second-order valence-electron chi connectivity index (χ2n) is 3.42. The van der Waals surface area contributed by atoms with E-state index in [1.165, 1.54) is 18.0 Å². The van der Waals surface area contributed by atoms with Gasteiger partial charge in [0.2, 0.25) is 0 Å². The molecule has 2 aromatic heterocycles. The van der Waals surface area contributed by atoms with Crippen molar-refractivity contribution in [3.63, 3.8) is 0 Å². The monoisotopic (exact) mass is 264 g/mol. The van der Waals surface area contributed by atoms with Crippen molar-refractivity contribution < 1.29 is 9.21 Å². The summed E-state index contributed by atoms with van der Waals surface area (Å²) in [4.78, 5) is 15.6. The molecule has 94 valence electrons. The van der Waals surface area contributed by atoms with Gasteiger partial charge in [-0.3, -0.25) is 10.2 Å². The van der Waals surface area contributed by atoms with Crippen LogP contribution in [-0.4, -0.2) is 10.9 Å². The number of nitrogens with two attached hydrogens (primary N) is 2. The summed E-state index contributed by atoms with van der Waals surface area (Å²) < 4.78 is 5.24. The molecule has 0 radical (unpaired) electrons. The van der Waals surface area contributed by atoms with E-state index in [9.17, 15) is 4.79 Å². The number of amides is 1. The standard InChI is InChI=1S/C11H12N4O2S/c12-8-2-1-4-14-11(8)18-6-9-7(3-5-17-9)10(16)15-13/h1-5H,6,12-13H2,(H,15,16). The number of aromatic nitrogens is 1. The first kappa shape index (κ1) is 12.5. The van der Waals surface area contributed by atoms with E-state index >= 15 is 0 Å². The van der Waals surface area contributed by atoms with Gasteiger partial charge >= 0.3 is 0 Å². The van der Waals surface area contributed by atoms with Gasteiger partial charge in [0.15, 0.2) is 0 Å². The number of carbonyl (C=O) groups excluding carboxylic acids is 1. The van der Waals surface area contributed by atoms with Crippen LogP contribution in [0.4, 0.5) is 5.69 Å². The lowest BCUT2D eigenvalue weighted by atomic mass is 10.2. The second-order valence-corrected chi connectivity index (χ2v) is 4.38. The fraction of sp³-hybridized carbons (Fsp3) is 0.0909. The van der Waals surface area contributed by atoms with Crippen molar-refractivity contribution >= 4 is 23.4 Å². The molecule has 0 saturated heterocycles. The second kappa shape index (κ2) is 5.56. The van der Waals surface area contributed by atoms with Crippen LogP contribution >= 0.6 is 11.8 Å². The van der Waals surface area contributed by atoms with Crippen LogP contribution in [0.5, 0.6) is 0 Å². The van der Waals surface area contributed by atoms with Crippen molar-refractivity contribution in [2.75, 3.05) is 5.73 Å². The summed E-state index contributed by atoms with van der Waals surface area (Å²) in [6.07, 6.45) is 3.11. The summed E-state index contributed by atoms with van der Waals surface area (Å²) in [6.45, 7) is 0. The maximum Gasteiger partial charge on any atom is 0.268 e. The highest BCUT2D eigenvalue weighted by atomic mass is 32.2. The number of anilines is 1. The van der Waals surface area contributed by atoms with Crippen LogP contribution in [0.3, 0.4) is 0 Å². The van der Waals surface area contributed by atoms with E-state index in [1.54, 1.807) is 24.4 Å². The molecule has 6 nitrogen and oxygen atoms in total. The van der Waals surface area contributed by atoms with E-state index in [0.717, 1.165) is 0 Å². The third-order valence-electron chi connectivity index (χ3n) is 2.26. The van der Waals surface area contributed by atoms with Gasteiger partial charge in [-0.05, 0) is 18.2 Å². The predicted molar refractivity (Wildman–Crippen MR) is 68.6 cm³/mol. The highest BCUT2D eigenvalue weighted by Crippen LogP contribution is 2.27. The molecule has 2 heterocycles. The van der Waals surface area contributed by atoms with Gasteiger partial charge in [0, 0.05) is 6.20 Å². The number of nitrogens with zero attached hydrogens (tertiary/aromatic N) is 1. The Balaban J connectivity index is 2.09. The van der Waals surface area contributed by atoms with Gasteiger partial charge in [0.1, 0.15) is 10.8 Å². The van der Waals surface area contributed by atoms with E-state index in [4.69, 9.17) is 16.0 Å². The molecule has 2 aromatic rings. The van der Waals surface area contributed by atoms with Gasteiger partial charge in [-0.1, -0.05) is 11.8 Å². The fourth-order valence-electron chi connectivity index (χ4n) is 1.39. The van der Waals surface area contributed by atoms with Gasteiger partial charge in [0.05, 0.1) is 23.3 Å².